The molecule has 10 heteroatoms. The van der Waals surface area contributed by atoms with Gasteiger partial charge in [0, 0.05) is 30.2 Å². The lowest BCUT2D eigenvalue weighted by Gasteiger charge is -2.36. The molecular weight excluding hydrogens is 398 g/mol. The Balaban J connectivity index is 1.88. The molecule has 1 aliphatic heterocycles. The molecule has 0 aliphatic carbocycles. The van der Waals surface area contributed by atoms with Crippen molar-refractivity contribution >= 4 is 33.6 Å². The van der Waals surface area contributed by atoms with E-state index in [2.05, 4.69) is 15.1 Å². The van der Waals surface area contributed by atoms with Crippen molar-refractivity contribution in [2.75, 3.05) is 18.6 Å². The van der Waals surface area contributed by atoms with E-state index in [0.717, 1.165) is 20.5 Å². The van der Waals surface area contributed by atoms with Crippen LogP contribution in [0.5, 0.6) is 0 Å². The number of aryl methyl sites for hydroxylation is 2. The lowest BCUT2D eigenvalue weighted by Crippen LogP contribution is -2.56. The summed E-state index contributed by atoms with van der Waals surface area (Å²) in [5, 5.41) is 7.28. The maximum atomic E-state index is 13.0. The van der Waals surface area contributed by atoms with Gasteiger partial charge in [-0.05, 0) is 38.7 Å². The molecule has 0 spiro atoms. The van der Waals surface area contributed by atoms with Gasteiger partial charge in [-0.25, -0.2) is 0 Å². The third kappa shape index (κ3) is 4.09. The normalized spacial score (nSPS) is 22.1. The van der Waals surface area contributed by atoms with Crippen molar-refractivity contribution in [2.45, 2.75) is 43.8 Å². The number of benzene rings is 1. The molecule has 1 aliphatic rings. The van der Waals surface area contributed by atoms with Gasteiger partial charge in [0.05, 0.1) is 17.4 Å². The van der Waals surface area contributed by atoms with Crippen LogP contribution < -0.4 is 10.0 Å². The summed E-state index contributed by atoms with van der Waals surface area (Å²) in [5.74, 6) is -0.348. The predicted octanol–water partition coefficient (Wildman–Crippen LogP) is 2.15. The number of hydrogen-bond donors (Lipinski definition) is 2. The first kappa shape index (κ1) is 20.8. The Morgan fingerprint density at radius 1 is 1.39 bits per heavy atom. The summed E-state index contributed by atoms with van der Waals surface area (Å²) >= 11 is 1.52. The van der Waals surface area contributed by atoms with Gasteiger partial charge in [0.2, 0.25) is 5.91 Å². The molecule has 2 aromatic rings. The number of likely N-dealkylation sites (N-methyl/N-ethyl adjacent to an activating group) is 1. The average Bonchev–Trinajstić information content (AvgIpc) is 3.05. The van der Waals surface area contributed by atoms with Crippen molar-refractivity contribution in [3.05, 3.63) is 41.7 Å². The lowest BCUT2D eigenvalue weighted by atomic mass is 10.00. The zero-order chi connectivity index (χ0) is 20.5. The van der Waals surface area contributed by atoms with Gasteiger partial charge in [0.15, 0.2) is 0 Å². The van der Waals surface area contributed by atoms with E-state index in [1.165, 1.54) is 18.8 Å². The van der Waals surface area contributed by atoms with Crippen molar-refractivity contribution in [3.8, 4) is 0 Å². The molecule has 2 atom stereocenters. The largest absolute Gasteiger partial charge is 0.324 e. The van der Waals surface area contributed by atoms with E-state index in [0.29, 0.717) is 18.7 Å². The Kier molecular flexibility index (Phi) is 6.13. The number of nitrogens with one attached hydrogen (secondary N) is 2. The summed E-state index contributed by atoms with van der Waals surface area (Å²) in [6, 6.07) is 6.13. The number of amides is 1. The van der Waals surface area contributed by atoms with Gasteiger partial charge < -0.3 is 5.32 Å². The molecule has 1 amide bonds. The van der Waals surface area contributed by atoms with E-state index in [1.54, 1.807) is 4.68 Å². The summed E-state index contributed by atoms with van der Waals surface area (Å²) in [5.41, 5.74) is 2.22. The van der Waals surface area contributed by atoms with Gasteiger partial charge in [-0.15, -0.1) is 11.8 Å². The minimum Gasteiger partial charge on any atom is -0.324 e. The summed E-state index contributed by atoms with van der Waals surface area (Å²) in [7, 11) is -2.37. The predicted molar refractivity (Wildman–Crippen MR) is 110 cm³/mol. The van der Waals surface area contributed by atoms with Crippen LogP contribution in [-0.2, 0) is 21.5 Å². The van der Waals surface area contributed by atoms with Gasteiger partial charge in [-0.1, -0.05) is 12.1 Å². The van der Waals surface area contributed by atoms with Gasteiger partial charge in [-0.2, -0.15) is 22.5 Å². The van der Waals surface area contributed by atoms with Crippen LogP contribution in [0.3, 0.4) is 0 Å². The van der Waals surface area contributed by atoms with Crippen molar-refractivity contribution in [2.24, 2.45) is 0 Å². The molecule has 1 aromatic carbocycles. The molecule has 1 aromatic heterocycles. The molecule has 1 saturated heterocycles. The van der Waals surface area contributed by atoms with E-state index < -0.39 is 22.3 Å². The Hall–Kier alpha value is -1.88. The highest BCUT2D eigenvalue weighted by Crippen LogP contribution is 2.31. The van der Waals surface area contributed by atoms with Crippen LogP contribution in [0.4, 0.5) is 5.69 Å². The van der Waals surface area contributed by atoms with Crippen molar-refractivity contribution < 1.29 is 13.2 Å². The summed E-state index contributed by atoms with van der Waals surface area (Å²) in [4.78, 5) is 13.9. The first-order chi connectivity index (χ1) is 13.3. The Morgan fingerprint density at radius 2 is 2.11 bits per heavy atom. The second kappa shape index (κ2) is 8.24. The molecule has 0 saturated carbocycles. The Morgan fingerprint density at radius 3 is 2.75 bits per heavy atom. The van der Waals surface area contributed by atoms with Crippen molar-refractivity contribution in [1.82, 2.24) is 18.8 Å². The smallest absolute Gasteiger partial charge is 0.280 e. The number of anilines is 1. The molecule has 8 nitrogen and oxygen atoms in total. The second-order valence-electron chi connectivity index (χ2n) is 6.66. The number of nitrogens with zero attached hydrogens (tertiary/aromatic N) is 3. The van der Waals surface area contributed by atoms with Gasteiger partial charge in [-0.3, -0.25) is 9.48 Å². The highest BCUT2D eigenvalue weighted by molar-refractivity contribution is 7.98. The number of para-hydroxylation sites is 1. The van der Waals surface area contributed by atoms with E-state index in [-0.39, 0.29) is 5.91 Å². The SMILES string of the molecule is CCn1cc([C@H]2C[C@H](C(=O)Nc3ccccc3SC)N(C)S(=O)(=O)N2)c(C)n1. The lowest BCUT2D eigenvalue weighted by molar-refractivity contribution is -0.120. The molecule has 2 N–H and O–H groups in total. The molecule has 28 heavy (non-hydrogen) atoms. The molecular formula is C18H25N5O3S2. The Labute approximate surface area is 169 Å². The Bertz CT molecular complexity index is 973. The third-order valence-corrected chi connectivity index (χ3v) is 7.31. The minimum absolute atomic E-state index is 0.319. The number of aromatic nitrogens is 2. The maximum absolute atomic E-state index is 13.0. The fraction of sp³-hybridized carbons (Fsp3) is 0.444. The summed E-state index contributed by atoms with van der Waals surface area (Å²) < 4.78 is 30.8. The van der Waals surface area contributed by atoms with Crippen LogP contribution in [0.2, 0.25) is 0 Å². The number of hydrogen-bond acceptors (Lipinski definition) is 5. The van der Waals surface area contributed by atoms with Gasteiger partial charge in [0.1, 0.15) is 6.04 Å². The molecule has 0 bridgehead atoms. The monoisotopic (exact) mass is 423 g/mol. The van der Waals surface area contributed by atoms with Crippen LogP contribution in [-0.4, -0.2) is 47.8 Å². The first-order valence-electron chi connectivity index (χ1n) is 9.00. The fourth-order valence-electron chi connectivity index (χ4n) is 3.31. The minimum atomic E-state index is -3.79. The molecule has 2 heterocycles. The van der Waals surface area contributed by atoms with E-state index in [1.807, 2.05) is 50.6 Å². The number of thioether (sulfide) groups is 1. The molecule has 0 radical (unpaired) electrons. The average molecular weight is 424 g/mol. The van der Waals surface area contributed by atoms with Gasteiger partial charge >= 0.3 is 0 Å². The highest BCUT2D eigenvalue weighted by atomic mass is 32.2. The number of carbonyl (C=O) groups excluding carboxylic acids is 1. The topological polar surface area (TPSA) is 96.3 Å². The second-order valence-corrected chi connectivity index (χ2v) is 9.27. The van der Waals surface area contributed by atoms with E-state index >= 15 is 0 Å². The van der Waals surface area contributed by atoms with Crippen LogP contribution in [0.25, 0.3) is 0 Å². The number of carbonyl (C=O) groups is 1. The molecule has 3 rings (SSSR count). The molecule has 1 fully saturated rings. The van der Waals surface area contributed by atoms with Crippen molar-refractivity contribution in [1.29, 1.82) is 0 Å². The first-order valence-corrected chi connectivity index (χ1v) is 11.7. The fourth-order valence-corrected chi connectivity index (χ4v) is 5.13. The summed E-state index contributed by atoms with van der Waals surface area (Å²) in [6.45, 7) is 4.50. The van der Waals surface area contributed by atoms with Crippen LogP contribution in [0.1, 0.15) is 30.6 Å². The van der Waals surface area contributed by atoms with Crippen LogP contribution in [0, 0.1) is 6.92 Å². The molecule has 0 unspecified atom stereocenters. The quantitative estimate of drug-likeness (QED) is 0.719. The van der Waals surface area contributed by atoms with E-state index in [4.69, 9.17) is 0 Å². The maximum Gasteiger partial charge on any atom is 0.280 e. The van der Waals surface area contributed by atoms with Crippen LogP contribution in [0.15, 0.2) is 35.4 Å². The third-order valence-electron chi connectivity index (χ3n) is 4.92. The van der Waals surface area contributed by atoms with Crippen LogP contribution >= 0.6 is 11.8 Å². The summed E-state index contributed by atoms with van der Waals surface area (Å²) in [6.07, 6.45) is 4.08. The van der Waals surface area contributed by atoms with Gasteiger partial charge in [0.25, 0.3) is 10.2 Å². The van der Waals surface area contributed by atoms with E-state index in [9.17, 15) is 13.2 Å². The van der Waals surface area contributed by atoms with Crippen molar-refractivity contribution in [3.63, 3.8) is 0 Å². The zero-order valence-corrected chi connectivity index (χ0v) is 18.0. The zero-order valence-electron chi connectivity index (χ0n) is 16.3. The standard InChI is InChI=1S/C18H25N5O3S2/c1-5-23-11-13(12(2)20-23)15-10-16(22(3)28(25,26)21-15)18(24)19-14-8-6-7-9-17(14)27-4/h6-9,11,15-16,21H,5,10H2,1-4H3,(H,19,24)/t15-,16-/m1/s1. The molecule has 152 valence electrons. The number of rotatable bonds is 5. The highest BCUT2D eigenvalue weighted by Gasteiger charge is 2.41.